The second-order valence-electron chi connectivity index (χ2n) is 5.46. The van der Waals surface area contributed by atoms with Gasteiger partial charge < -0.3 is 22.9 Å². The van der Waals surface area contributed by atoms with E-state index in [1.54, 1.807) is 12.4 Å². The third-order valence-electron chi connectivity index (χ3n) is 3.73. The quantitative estimate of drug-likeness (QED) is 0.221. The van der Waals surface area contributed by atoms with Gasteiger partial charge in [-0.25, -0.2) is 0 Å². The van der Waals surface area contributed by atoms with Gasteiger partial charge in [0.05, 0.1) is 12.4 Å². The van der Waals surface area contributed by atoms with Crippen LogP contribution < -0.4 is 22.9 Å². The van der Waals surface area contributed by atoms with Crippen molar-refractivity contribution in [2.75, 3.05) is 0 Å². The Morgan fingerprint density at radius 1 is 0.571 bits per heavy atom. The summed E-state index contributed by atoms with van der Waals surface area (Å²) < 4.78 is 0. The summed E-state index contributed by atoms with van der Waals surface area (Å²) in [6.45, 7) is 0. The van der Waals surface area contributed by atoms with Crippen LogP contribution in [-0.2, 0) is 0 Å². The van der Waals surface area contributed by atoms with Gasteiger partial charge in [-0.3, -0.25) is 0 Å². The Morgan fingerprint density at radius 3 is 1.11 bits per heavy atom. The summed E-state index contributed by atoms with van der Waals surface area (Å²) in [7, 11) is 0. The molecule has 10 heteroatoms. The van der Waals surface area contributed by atoms with Crippen molar-refractivity contribution in [3.05, 3.63) is 59.7 Å². The fraction of sp³-hybridized carbons (Fsp3) is 0. The SMILES string of the molecule is Cl.Cl.NC(N)=NN=Cc1c2ccccc2c(C=NN=C(N)N)c2ccccc12. The highest BCUT2D eigenvalue weighted by Crippen LogP contribution is 2.31. The second-order valence-corrected chi connectivity index (χ2v) is 5.46. The summed E-state index contributed by atoms with van der Waals surface area (Å²) in [5, 5.41) is 19.3. The summed E-state index contributed by atoms with van der Waals surface area (Å²) in [5.41, 5.74) is 23.2. The molecule has 3 aromatic rings. The van der Waals surface area contributed by atoms with Gasteiger partial charge in [0.25, 0.3) is 0 Å². The molecular formula is C18H20Cl2N8. The van der Waals surface area contributed by atoms with Crippen LogP contribution >= 0.6 is 24.8 Å². The van der Waals surface area contributed by atoms with Crippen LogP contribution in [0, 0.1) is 0 Å². The van der Waals surface area contributed by atoms with Crippen molar-refractivity contribution in [3.63, 3.8) is 0 Å². The normalized spacial score (nSPS) is 10.6. The highest BCUT2D eigenvalue weighted by Gasteiger charge is 2.11. The van der Waals surface area contributed by atoms with Crippen LogP contribution in [0.3, 0.4) is 0 Å². The molecule has 0 aromatic heterocycles. The summed E-state index contributed by atoms with van der Waals surface area (Å²) in [4.78, 5) is 0. The first-order chi connectivity index (χ1) is 12.6. The van der Waals surface area contributed by atoms with Gasteiger partial charge in [0.15, 0.2) is 0 Å². The van der Waals surface area contributed by atoms with Gasteiger partial charge in [-0.1, -0.05) is 48.5 Å². The van der Waals surface area contributed by atoms with Crippen molar-refractivity contribution >= 4 is 70.7 Å². The number of rotatable bonds is 4. The molecule has 0 amide bonds. The summed E-state index contributed by atoms with van der Waals surface area (Å²) in [6, 6.07) is 15.8. The molecule has 0 saturated carbocycles. The number of guanidine groups is 2. The third-order valence-corrected chi connectivity index (χ3v) is 3.73. The maximum absolute atomic E-state index is 5.35. The van der Waals surface area contributed by atoms with Gasteiger partial charge in [-0.2, -0.15) is 10.2 Å². The van der Waals surface area contributed by atoms with Crippen molar-refractivity contribution in [1.82, 2.24) is 0 Å². The van der Waals surface area contributed by atoms with Gasteiger partial charge in [0, 0.05) is 11.1 Å². The molecule has 0 radical (unpaired) electrons. The number of benzene rings is 3. The van der Waals surface area contributed by atoms with E-state index in [-0.39, 0.29) is 36.7 Å². The first kappa shape index (κ1) is 22.7. The number of nitrogens with two attached hydrogens (primary N) is 4. The third kappa shape index (κ3) is 4.87. The van der Waals surface area contributed by atoms with Crippen molar-refractivity contribution in [2.45, 2.75) is 0 Å². The number of hydrogen-bond acceptors (Lipinski definition) is 4. The fourth-order valence-corrected chi connectivity index (χ4v) is 2.78. The Labute approximate surface area is 173 Å². The van der Waals surface area contributed by atoms with Crippen molar-refractivity contribution < 1.29 is 0 Å². The Hall–Kier alpha value is -3.36. The lowest BCUT2D eigenvalue weighted by Crippen LogP contribution is -2.21. The summed E-state index contributed by atoms with van der Waals surface area (Å²) >= 11 is 0. The predicted molar refractivity (Wildman–Crippen MR) is 123 cm³/mol. The van der Waals surface area contributed by atoms with Gasteiger partial charge in [0.1, 0.15) is 0 Å². The van der Waals surface area contributed by atoms with E-state index in [2.05, 4.69) is 20.4 Å². The lowest BCUT2D eigenvalue weighted by Gasteiger charge is -2.11. The number of halogens is 2. The minimum absolute atomic E-state index is 0. The molecule has 0 aliphatic rings. The molecule has 0 bridgehead atoms. The molecule has 28 heavy (non-hydrogen) atoms. The molecule has 8 N–H and O–H groups in total. The van der Waals surface area contributed by atoms with Crippen LogP contribution in [0.15, 0.2) is 68.9 Å². The Kier molecular flexibility index (Phi) is 8.18. The van der Waals surface area contributed by atoms with Crippen LogP contribution in [0.5, 0.6) is 0 Å². The van der Waals surface area contributed by atoms with E-state index in [0.29, 0.717) is 0 Å². The van der Waals surface area contributed by atoms with Crippen LogP contribution in [0.2, 0.25) is 0 Å². The first-order valence-electron chi connectivity index (χ1n) is 7.75. The van der Waals surface area contributed by atoms with E-state index in [9.17, 15) is 0 Å². The van der Waals surface area contributed by atoms with E-state index in [4.69, 9.17) is 22.9 Å². The smallest absolute Gasteiger partial charge is 0.211 e. The van der Waals surface area contributed by atoms with E-state index in [1.807, 2.05) is 48.5 Å². The maximum atomic E-state index is 5.35. The van der Waals surface area contributed by atoms with E-state index in [1.165, 1.54) is 0 Å². The van der Waals surface area contributed by atoms with Crippen LogP contribution in [0.4, 0.5) is 0 Å². The minimum atomic E-state index is -0.101. The average molecular weight is 419 g/mol. The molecule has 0 heterocycles. The molecule has 0 aliphatic heterocycles. The highest BCUT2D eigenvalue weighted by atomic mass is 35.5. The molecule has 0 aliphatic carbocycles. The van der Waals surface area contributed by atoms with E-state index >= 15 is 0 Å². The second kappa shape index (κ2) is 10.1. The van der Waals surface area contributed by atoms with Crippen LogP contribution in [0.25, 0.3) is 21.5 Å². The topological polar surface area (TPSA) is 154 Å². The zero-order chi connectivity index (χ0) is 18.5. The van der Waals surface area contributed by atoms with Gasteiger partial charge in [-0.05, 0) is 21.5 Å². The lowest BCUT2D eigenvalue weighted by atomic mass is 9.92. The fourth-order valence-electron chi connectivity index (χ4n) is 2.78. The lowest BCUT2D eigenvalue weighted by molar-refractivity contribution is 1.22. The van der Waals surface area contributed by atoms with Gasteiger partial charge >= 0.3 is 0 Å². The van der Waals surface area contributed by atoms with Crippen LogP contribution in [-0.4, -0.2) is 24.3 Å². The standard InChI is InChI=1S/C18H18N8.2ClH/c19-17(20)25-23-9-15-11-5-1-2-6-12(11)16(10-24-26-18(21)22)14-8-4-3-7-13(14)15;;/h1-10H,(H4,19,20,25)(H4,21,22,26);2*1H. The monoisotopic (exact) mass is 418 g/mol. The largest absolute Gasteiger partial charge is 0.369 e. The first-order valence-corrected chi connectivity index (χ1v) is 7.75. The maximum Gasteiger partial charge on any atom is 0.211 e. The van der Waals surface area contributed by atoms with Crippen molar-refractivity contribution in [3.8, 4) is 0 Å². The number of hydrogen-bond donors (Lipinski definition) is 4. The molecule has 3 aromatic carbocycles. The zero-order valence-corrected chi connectivity index (χ0v) is 16.3. The van der Waals surface area contributed by atoms with Crippen molar-refractivity contribution in [2.24, 2.45) is 43.3 Å². The van der Waals surface area contributed by atoms with Gasteiger partial charge in [0.2, 0.25) is 11.9 Å². The Morgan fingerprint density at radius 2 is 0.857 bits per heavy atom. The molecule has 0 atom stereocenters. The highest BCUT2D eigenvalue weighted by molar-refractivity contribution is 6.21. The molecule has 0 saturated heterocycles. The molecule has 146 valence electrons. The molecule has 3 rings (SSSR count). The summed E-state index contributed by atoms with van der Waals surface area (Å²) in [6.07, 6.45) is 3.28. The Bertz CT molecular complexity index is 939. The molecule has 0 fully saturated rings. The van der Waals surface area contributed by atoms with Crippen LogP contribution in [0.1, 0.15) is 11.1 Å². The van der Waals surface area contributed by atoms with Gasteiger partial charge in [-0.15, -0.1) is 35.0 Å². The molecule has 0 unspecified atom stereocenters. The van der Waals surface area contributed by atoms with E-state index < -0.39 is 0 Å². The zero-order valence-electron chi connectivity index (χ0n) is 14.7. The molecular weight excluding hydrogens is 399 g/mol. The predicted octanol–water partition coefficient (Wildman–Crippen LogP) is 2.05. The Balaban J connectivity index is 0.00000196. The van der Waals surface area contributed by atoms with E-state index in [0.717, 1.165) is 32.7 Å². The molecule has 0 spiro atoms. The number of nitrogens with zero attached hydrogens (tertiary/aromatic N) is 4. The molecule has 8 nitrogen and oxygen atoms in total. The average Bonchev–Trinajstić information content (AvgIpc) is 2.62. The summed E-state index contributed by atoms with van der Waals surface area (Å²) in [5.74, 6) is -0.202. The number of fused-ring (bicyclic) bond motifs is 2. The van der Waals surface area contributed by atoms with Crippen molar-refractivity contribution in [1.29, 1.82) is 0 Å². The minimum Gasteiger partial charge on any atom is -0.369 e.